The molecule has 0 spiro atoms. The Morgan fingerprint density at radius 1 is 1.28 bits per heavy atom. The first kappa shape index (κ1) is 20.6. The van der Waals surface area contributed by atoms with Crippen LogP contribution in [0.25, 0.3) is 0 Å². The van der Waals surface area contributed by atoms with Crippen molar-refractivity contribution in [1.29, 1.82) is 0 Å². The lowest BCUT2D eigenvalue weighted by atomic mass is 10.1. The summed E-state index contributed by atoms with van der Waals surface area (Å²) in [5, 5.41) is 23.5. The zero-order valence-electron chi connectivity index (χ0n) is 16.5. The predicted octanol–water partition coefficient (Wildman–Crippen LogP) is 2.28. The van der Waals surface area contributed by atoms with Crippen molar-refractivity contribution in [2.24, 2.45) is 0 Å². The maximum Gasteiger partial charge on any atom is 0.269 e. The number of hydrogen-bond donors (Lipinski definition) is 2. The molecule has 2 aromatic rings. The number of amides is 1. The van der Waals surface area contributed by atoms with Crippen LogP contribution >= 0.6 is 0 Å². The van der Waals surface area contributed by atoms with E-state index in [4.69, 9.17) is 0 Å². The molecule has 154 valence electrons. The smallest absolute Gasteiger partial charge is 0.269 e. The molecule has 0 aromatic heterocycles. The van der Waals surface area contributed by atoms with Gasteiger partial charge >= 0.3 is 0 Å². The zero-order valence-corrected chi connectivity index (χ0v) is 16.5. The number of benzene rings is 2. The second-order valence-corrected chi connectivity index (χ2v) is 7.24. The third-order valence-corrected chi connectivity index (χ3v) is 5.16. The molecule has 2 N–H and O–H groups in total. The molecule has 3 rings (SSSR count). The van der Waals surface area contributed by atoms with Gasteiger partial charge in [0.05, 0.1) is 17.6 Å². The van der Waals surface area contributed by atoms with E-state index >= 15 is 0 Å². The van der Waals surface area contributed by atoms with Crippen LogP contribution in [0.3, 0.4) is 0 Å². The largest absolute Gasteiger partial charge is 0.391 e. The fourth-order valence-corrected chi connectivity index (χ4v) is 3.42. The number of carbonyl (C=O) groups is 1. The van der Waals surface area contributed by atoms with E-state index in [2.05, 4.69) is 22.3 Å². The van der Waals surface area contributed by atoms with Crippen LogP contribution in [0, 0.1) is 10.1 Å². The number of likely N-dealkylation sites (N-methyl/N-ethyl adjacent to an activating group) is 1. The molecule has 29 heavy (non-hydrogen) atoms. The zero-order chi connectivity index (χ0) is 20.8. The number of nitrogens with one attached hydrogen (secondary N) is 1. The molecule has 8 heteroatoms. The van der Waals surface area contributed by atoms with E-state index in [0.717, 1.165) is 30.6 Å². The highest BCUT2D eigenvalue weighted by Crippen LogP contribution is 2.25. The lowest BCUT2D eigenvalue weighted by molar-refractivity contribution is -0.384. The first-order chi connectivity index (χ1) is 13.9. The number of aliphatic hydroxyl groups is 1. The summed E-state index contributed by atoms with van der Waals surface area (Å²) in [5.74, 6) is -0.0579. The molecule has 1 heterocycles. The lowest BCUT2D eigenvalue weighted by Crippen LogP contribution is -2.34. The van der Waals surface area contributed by atoms with Gasteiger partial charge < -0.3 is 20.2 Å². The van der Waals surface area contributed by atoms with Crippen molar-refractivity contribution in [3.05, 3.63) is 64.2 Å². The molecule has 0 radical (unpaired) electrons. The Labute approximate surface area is 169 Å². The van der Waals surface area contributed by atoms with Gasteiger partial charge in [-0.1, -0.05) is 18.2 Å². The fraction of sp³-hybridized carbons (Fsp3) is 0.381. The van der Waals surface area contributed by atoms with Crippen LogP contribution in [-0.2, 0) is 11.2 Å². The number of nitrogens with zero attached hydrogens (tertiary/aromatic N) is 3. The molecule has 0 aliphatic carbocycles. The number of para-hydroxylation sites is 1. The van der Waals surface area contributed by atoms with Gasteiger partial charge in [-0.25, -0.2) is 0 Å². The summed E-state index contributed by atoms with van der Waals surface area (Å²) in [7, 11) is 1.77. The highest BCUT2D eigenvalue weighted by Gasteiger charge is 2.22. The highest BCUT2D eigenvalue weighted by atomic mass is 16.6. The fourth-order valence-electron chi connectivity index (χ4n) is 3.42. The summed E-state index contributed by atoms with van der Waals surface area (Å²) in [6.07, 6.45) is 1.22. The van der Waals surface area contributed by atoms with E-state index < -0.39 is 4.92 Å². The molecule has 1 aliphatic rings. The van der Waals surface area contributed by atoms with Gasteiger partial charge in [-0.15, -0.1) is 0 Å². The number of anilines is 2. The first-order valence-corrected chi connectivity index (χ1v) is 9.67. The van der Waals surface area contributed by atoms with Gasteiger partial charge in [0.2, 0.25) is 5.91 Å². The number of aliphatic hydroxyl groups excluding tert-OH is 1. The standard InChI is InChI=1S/C21H26N4O4/c1-23(21(27)14-22-17-6-8-18(9-7-17)25(28)29)12-10-16-4-2-3-5-20(16)24-13-11-19(26)15-24/h2-9,19,22,26H,10-15H2,1H3/t19-/m0/s1. The molecular weight excluding hydrogens is 372 g/mol. The van der Waals surface area contributed by atoms with Crippen LogP contribution < -0.4 is 10.2 Å². The van der Waals surface area contributed by atoms with Crippen molar-refractivity contribution in [2.45, 2.75) is 18.9 Å². The first-order valence-electron chi connectivity index (χ1n) is 9.67. The van der Waals surface area contributed by atoms with Gasteiger partial charge in [0.1, 0.15) is 0 Å². The Balaban J connectivity index is 1.51. The lowest BCUT2D eigenvalue weighted by Gasteiger charge is -2.23. The van der Waals surface area contributed by atoms with Crippen molar-refractivity contribution in [3.8, 4) is 0 Å². The topological polar surface area (TPSA) is 99.0 Å². The van der Waals surface area contributed by atoms with Gasteiger partial charge in [-0.2, -0.15) is 0 Å². The Kier molecular flexibility index (Phi) is 6.66. The van der Waals surface area contributed by atoms with Gasteiger partial charge in [-0.05, 0) is 36.6 Å². The molecule has 8 nitrogen and oxygen atoms in total. The van der Waals surface area contributed by atoms with Crippen LogP contribution in [0.2, 0.25) is 0 Å². The number of β-amino-alcohol motifs (C(OH)–C–C–N with tert-alkyl or cyclic N) is 1. The minimum Gasteiger partial charge on any atom is -0.391 e. The number of nitro benzene ring substituents is 1. The number of hydrogen-bond acceptors (Lipinski definition) is 6. The summed E-state index contributed by atoms with van der Waals surface area (Å²) >= 11 is 0. The highest BCUT2D eigenvalue weighted by molar-refractivity contribution is 5.80. The van der Waals surface area contributed by atoms with E-state index in [1.807, 2.05) is 12.1 Å². The maximum atomic E-state index is 12.4. The Morgan fingerprint density at radius 3 is 2.66 bits per heavy atom. The van der Waals surface area contributed by atoms with Gasteiger partial charge in [-0.3, -0.25) is 14.9 Å². The van der Waals surface area contributed by atoms with E-state index in [-0.39, 0.29) is 24.2 Å². The molecule has 0 unspecified atom stereocenters. The summed E-state index contributed by atoms with van der Waals surface area (Å²) in [5.41, 5.74) is 2.96. The second-order valence-electron chi connectivity index (χ2n) is 7.24. The average Bonchev–Trinajstić information content (AvgIpc) is 3.16. The van der Waals surface area contributed by atoms with Gasteiger partial charge in [0, 0.05) is 50.2 Å². The second kappa shape index (κ2) is 9.38. The van der Waals surface area contributed by atoms with Crippen LogP contribution in [0.5, 0.6) is 0 Å². The molecular formula is C21H26N4O4. The molecule has 0 bridgehead atoms. The van der Waals surface area contributed by atoms with E-state index in [1.54, 1.807) is 24.1 Å². The molecule has 1 amide bonds. The number of non-ortho nitro benzene ring substituents is 1. The molecule has 1 saturated heterocycles. The van der Waals surface area contributed by atoms with Crippen molar-refractivity contribution < 1.29 is 14.8 Å². The van der Waals surface area contributed by atoms with Crippen molar-refractivity contribution in [2.75, 3.05) is 43.4 Å². The van der Waals surface area contributed by atoms with Crippen LogP contribution in [0.1, 0.15) is 12.0 Å². The van der Waals surface area contributed by atoms with E-state index in [1.165, 1.54) is 12.1 Å². The normalized spacial score (nSPS) is 15.9. The minimum atomic E-state index is -0.455. The van der Waals surface area contributed by atoms with E-state index in [0.29, 0.717) is 18.8 Å². The molecule has 0 saturated carbocycles. The Morgan fingerprint density at radius 2 is 2.00 bits per heavy atom. The minimum absolute atomic E-state index is 0.0168. The van der Waals surface area contributed by atoms with Gasteiger partial charge in [0.25, 0.3) is 5.69 Å². The summed E-state index contributed by atoms with van der Waals surface area (Å²) in [6.45, 7) is 2.18. The predicted molar refractivity (Wildman–Crippen MR) is 112 cm³/mol. The SMILES string of the molecule is CN(CCc1ccccc1N1CC[C@H](O)C1)C(=O)CNc1ccc([N+](=O)[O-])cc1. The molecule has 2 aromatic carbocycles. The van der Waals surface area contributed by atoms with Gasteiger partial charge in [0.15, 0.2) is 0 Å². The third-order valence-electron chi connectivity index (χ3n) is 5.16. The molecule has 1 atom stereocenters. The Bertz CT molecular complexity index is 856. The summed E-state index contributed by atoms with van der Waals surface area (Å²) in [6, 6.07) is 14.1. The summed E-state index contributed by atoms with van der Waals surface area (Å²) < 4.78 is 0. The van der Waals surface area contributed by atoms with Crippen LogP contribution in [0.4, 0.5) is 17.1 Å². The maximum absolute atomic E-state index is 12.4. The van der Waals surface area contributed by atoms with Crippen molar-refractivity contribution in [3.63, 3.8) is 0 Å². The number of rotatable bonds is 8. The van der Waals surface area contributed by atoms with Crippen molar-refractivity contribution in [1.82, 2.24) is 4.90 Å². The quantitative estimate of drug-likeness (QED) is 0.523. The summed E-state index contributed by atoms with van der Waals surface area (Å²) in [4.78, 5) is 26.5. The van der Waals surface area contributed by atoms with Crippen LogP contribution in [0.15, 0.2) is 48.5 Å². The molecule has 1 aliphatic heterocycles. The van der Waals surface area contributed by atoms with Crippen LogP contribution in [-0.4, -0.2) is 60.2 Å². The van der Waals surface area contributed by atoms with E-state index in [9.17, 15) is 20.0 Å². The third kappa shape index (κ3) is 5.45. The molecule has 1 fully saturated rings. The van der Waals surface area contributed by atoms with Crippen molar-refractivity contribution >= 4 is 23.0 Å². The Hall–Kier alpha value is -3.13. The number of nitro groups is 1. The average molecular weight is 398 g/mol. The number of carbonyl (C=O) groups excluding carboxylic acids is 1. The monoisotopic (exact) mass is 398 g/mol.